The van der Waals surface area contributed by atoms with E-state index in [0.29, 0.717) is 12.3 Å². The fraction of sp³-hybridized carbons (Fsp3) is 0.808. The van der Waals surface area contributed by atoms with Crippen LogP contribution in [0.5, 0.6) is 0 Å². The van der Waals surface area contributed by atoms with Gasteiger partial charge < -0.3 is 32.1 Å². The van der Waals surface area contributed by atoms with Gasteiger partial charge in [0.2, 0.25) is 11.8 Å². The van der Waals surface area contributed by atoms with Crippen molar-refractivity contribution in [3.8, 4) is 0 Å². The number of hydrogen-bond donors (Lipinski definition) is 5. The van der Waals surface area contributed by atoms with Crippen molar-refractivity contribution in [2.24, 2.45) is 23.3 Å². The number of piperidine rings is 1. The van der Waals surface area contributed by atoms with E-state index < -0.39 is 41.6 Å². The van der Waals surface area contributed by atoms with Gasteiger partial charge in [0.15, 0.2) is 11.3 Å². The molecule has 0 radical (unpaired) electrons. The normalized spacial score (nSPS) is 19.4. The van der Waals surface area contributed by atoms with Crippen LogP contribution in [0.2, 0.25) is 0 Å². The summed E-state index contributed by atoms with van der Waals surface area (Å²) in [5.74, 6) is -3.57. The van der Waals surface area contributed by atoms with Crippen LogP contribution in [0.15, 0.2) is 0 Å². The number of carbonyl (C=O) groups is 5. The van der Waals surface area contributed by atoms with Crippen LogP contribution in [-0.4, -0.2) is 77.2 Å². The molecule has 11 nitrogen and oxygen atoms in total. The maximum absolute atomic E-state index is 13.3. The Labute approximate surface area is 219 Å². The summed E-state index contributed by atoms with van der Waals surface area (Å²) in [5.41, 5.74) is 9.44. The molecule has 1 aliphatic carbocycles. The Morgan fingerprint density at radius 3 is 2.27 bits per heavy atom. The number of carboxylic acids is 1. The summed E-state index contributed by atoms with van der Waals surface area (Å²) in [6.07, 6.45) is 7.92. The zero-order chi connectivity index (χ0) is 27.4. The lowest BCUT2D eigenvalue weighted by Gasteiger charge is -2.36. The molecule has 0 unspecified atom stereocenters. The van der Waals surface area contributed by atoms with Crippen molar-refractivity contribution < 1.29 is 29.1 Å². The molecule has 0 bridgehead atoms. The lowest BCUT2D eigenvalue weighted by Crippen LogP contribution is -2.68. The number of nitrogens with one attached hydrogen (secondary N) is 2. The van der Waals surface area contributed by atoms with Gasteiger partial charge in [0.1, 0.15) is 0 Å². The molecule has 2 atom stereocenters. The summed E-state index contributed by atoms with van der Waals surface area (Å²) in [4.78, 5) is 64.6. The lowest BCUT2D eigenvalue weighted by molar-refractivity contribution is -0.146. The minimum atomic E-state index is -2.12. The summed E-state index contributed by atoms with van der Waals surface area (Å²) in [7, 11) is 0. The number of nitrogens with two attached hydrogens (primary N) is 2. The van der Waals surface area contributed by atoms with Crippen molar-refractivity contribution in [2.45, 2.75) is 95.6 Å². The molecule has 3 amide bonds. The SMILES string of the molecule is CCN(CC(=O)N[C@@](CC1CCCCC1)(C(N)=O)C(=O)[C@@H](N)CC(=O)O)C(=O)CCCC1CCNCC1. The van der Waals surface area contributed by atoms with Gasteiger partial charge in [-0.2, -0.15) is 0 Å². The molecule has 2 aliphatic rings. The van der Waals surface area contributed by atoms with Crippen LogP contribution in [0, 0.1) is 11.8 Å². The van der Waals surface area contributed by atoms with E-state index in [4.69, 9.17) is 16.6 Å². The number of ketones is 1. The van der Waals surface area contributed by atoms with Crippen LogP contribution < -0.4 is 22.1 Å². The molecule has 1 saturated carbocycles. The molecule has 0 aromatic heterocycles. The van der Waals surface area contributed by atoms with Crippen LogP contribution in [0.1, 0.15) is 84.0 Å². The van der Waals surface area contributed by atoms with Crippen LogP contribution in [0.25, 0.3) is 0 Å². The second kappa shape index (κ2) is 15.0. The maximum Gasteiger partial charge on any atom is 0.305 e. The van der Waals surface area contributed by atoms with Gasteiger partial charge in [0.25, 0.3) is 5.91 Å². The first kappa shape index (κ1) is 30.7. The third-order valence-electron chi connectivity index (χ3n) is 7.78. The fourth-order valence-corrected chi connectivity index (χ4v) is 5.62. The molecular formula is C26H45N5O6. The second-order valence-corrected chi connectivity index (χ2v) is 10.6. The van der Waals surface area contributed by atoms with Crippen LogP contribution in [0.3, 0.4) is 0 Å². The molecule has 11 heteroatoms. The molecule has 0 aromatic carbocycles. The monoisotopic (exact) mass is 523 g/mol. The standard InChI is InChI=1S/C26H45N5O6/c1-2-31(22(33)10-6-9-18-11-13-29-14-12-18)17-21(32)30-26(25(28)37,16-19-7-4-3-5-8-19)24(36)20(27)15-23(34)35/h18-20,29H,2-17,27H2,1H3,(H2,28,37)(H,30,32)(H,34,35)/t20-,26+/m0/s1. The summed E-state index contributed by atoms with van der Waals surface area (Å²) in [5, 5.41) is 15.0. The van der Waals surface area contributed by atoms with Gasteiger partial charge in [-0.15, -0.1) is 0 Å². The van der Waals surface area contributed by atoms with Crippen LogP contribution in [0.4, 0.5) is 0 Å². The van der Waals surface area contributed by atoms with Gasteiger partial charge in [-0.1, -0.05) is 32.1 Å². The Kier molecular flexibility index (Phi) is 12.5. The van der Waals surface area contributed by atoms with Gasteiger partial charge in [0, 0.05) is 13.0 Å². The van der Waals surface area contributed by atoms with E-state index in [-0.39, 0.29) is 31.3 Å². The fourth-order valence-electron chi connectivity index (χ4n) is 5.62. The number of amides is 3. The topological polar surface area (TPSA) is 185 Å². The Hall–Kier alpha value is -2.53. The van der Waals surface area contributed by atoms with Crippen molar-refractivity contribution >= 4 is 29.5 Å². The number of aliphatic carboxylic acids is 1. The number of carboxylic acid groups (broad SMARTS) is 1. The van der Waals surface area contributed by atoms with Gasteiger partial charge in [0.05, 0.1) is 19.0 Å². The summed E-state index contributed by atoms with van der Waals surface area (Å²) >= 11 is 0. The number of Topliss-reactive ketones (excluding diaryl/α,β-unsaturated/α-hetero) is 1. The second-order valence-electron chi connectivity index (χ2n) is 10.6. The van der Waals surface area contributed by atoms with Gasteiger partial charge in [-0.25, -0.2) is 0 Å². The zero-order valence-electron chi connectivity index (χ0n) is 22.1. The number of likely N-dealkylation sites (N-methyl/N-ethyl adjacent to an activating group) is 1. The zero-order valence-corrected chi connectivity index (χ0v) is 22.1. The predicted octanol–water partition coefficient (Wildman–Crippen LogP) is 0.687. The molecule has 1 aliphatic heterocycles. The third-order valence-corrected chi connectivity index (χ3v) is 7.78. The number of hydrogen-bond acceptors (Lipinski definition) is 7. The first-order chi connectivity index (χ1) is 17.6. The van der Waals surface area contributed by atoms with Crippen LogP contribution >= 0.6 is 0 Å². The van der Waals surface area contributed by atoms with E-state index in [1.54, 1.807) is 6.92 Å². The van der Waals surface area contributed by atoms with Crippen molar-refractivity contribution in [3.63, 3.8) is 0 Å². The highest BCUT2D eigenvalue weighted by Gasteiger charge is 2.49. The first-order valence-electron chi connectivity index (χ1n) is 13.7. The Morgan fingerprint density at radius 1 is 1.05 bits per heavy atom. The van der Waals surface area contributed by atoms with E-state index in [9.17, 15) is 24.0 Å². The van der Waals surface area contributed by atoms with E-state index in [2.05, 4.69) is 10.6 Å². The highest BCUT2D eigenvalue weighted by molar-refractivity contribution is 6.15. The minimum absolute atomic E-state index is 0.0312. The van der Waals surface area contributed by atoms with Gasteiger partial charge >= 0.3 is 5.97 Å². The molecule has 2 rings (SSSR count). The number of primary amides is 1. The Bertz CT molecular complexity index is 809. The number of nitrogens with zero attached hydrogens (tertiary/aromatic N) is 1. The highest BCUT2D eigenvalue weighted by Crippen LogP contribution is 2.32. The molecule has 0 aromatic rings. The molecule has 7 N–H and O–H groups in total. The predicted molar refractivity (Wildman–Crippen MR) is 138 cm³/mol. The molecule has 210 valence electrons. The highest BCUT2D eigenvalue weighted by atomic mass is 16.4. The van der Waals surface area contributed by atoms with Crippen molar-refractivity contribution in [3.05, 3.63) is 0 Å². The molecule has 0 spiro atoms. The van der Waals surface area contributed by atoms with E-state index in [1.165, 1.54) is 4.90 Å². The number of rotatable bonds is 15. The maximum atomic E-state index is 13.3. The average molecular weight is 524 g/mol. The Balaban J connectivity index is 2.09. The van der Waals surface area contributed by atoms with E-state index in [1.807, 2.05) is 0 Å². The first-order valence-corrected chi connectivity index (χ1v) is 13.7. The van der Waals surface area contributed by atoms with E-state index >= 15 is 0 Å². The van der Waals surface area contributed by atoms with Crippen LogP contribution in [-0.2, 0) is 24.0 Å². The molecule has 1 saturated heterocycles. The molecule has 2 fully saturated rings. The quantitative estimate of drug-likeness (QED) is 0.194. The van der Waals surface area contributed by atoms with Gasteiger partial charge in [-0.3, -0.25) is 24.0 Å². The van der Waals surface area contributed by atoms with E-state index in [0.717, 1.165) is 70.9 Å². The Morgan fingerprint density at radius 2 is 1.70 bits per heavy atom. The summed E-state index contributed by atoms with van der Waals surface area (Å²) in [6, 6.07) is -1.51. The smallest absolute Gasteiger partial charge is 0.305 e. The van der Waals surface area contributed by atoms with Crippen molar-refractivity contribution in [1.82, 2.24) is 15.5 Å². The third kappa shape index (κ3) is 9.37. The van der Waals surface area contributed by atoms with Crippen molar-refractivity contribution in [1.29, 1.82) is 0 Å². The van der Waals surface area contributed by atoms with Crippen molar-refractivity contribution in [2.75, 3.05) is 26.2 Å². The molecular weight excluding hydrogens is 478 g/mol. The van der Waals surface area contributed by atoms with Gasteiger partial charge in [-0.05, 0) is 64.0 Å². The summed E-state index contributed by atoms with van der Waals surface area (Å²) < 4.78 is 0. The average Bonchev–Trinajstić information content (AvgIpc) is 2.87. The molecule has 37 heavy (non-hydrogen) atoms. The molecule has 1 heterocycles. The summed E-state index contributed by atoms with van der Waals surface area (Å²) in [6.45, 7) is 3.71. The minimum Gasteiger partial charge on any atom is -0.481 e. The largest absolute Gasteiger partial charge is 0.481 e. The lowest BCUT2D eigenvalue weighted by atomic mass is 9.75. The number of carbonyl (C=O) groups excluding carboxylic acids is 4.